The third-order valence-electron chi connectivity index (χ3n) is 6.96. The number of hydrogen-bond acceptors (Lipinski definition) is 5. The molecule has 2 heterocycles. The van der Waals surface area contributed by atoms with Crippen molar-refractivity contribution in [2.24, 2.45) is 0 Å². The lowest BCUT2D eigenvalue weighted by Gasteiger charge is -2.49. The van der Waals surface area contributed by atoms with E-state index in [-0.39, 0.29) is 36.7 Å². The maximum atomic E-state index is 15.3. The maximum absolute atomic E-state index is 15.3. The van der Waals surface area contributed by atoms with Crippen LogP contribution in [0.2, 0.25) is 0 Å². The van der Waals surface area contributed by atoms with E-state index in [0.717, 1.165) is 12.1 Å². The summed E-state index contributed by atoms with van der Waals surface area (Å²) in [6, 6.07) is 10.2. The van der Waals surface area contributed by atoms with E-state index in [2.05, 4.69) is 0 Å². The van der Waals surface area contributed by atoms with Crippen LogP contribution in [0.25, 0.3) is 0 Å². The van der Waals surface area contributed by atoms with Gasteiger partial charge in [-0.15, -0.1) is 0 Å². The quantitative estimate of drug-likeness (QED) is 0.599. The molecule has 0 spiro atoms. The van der Waals surface area contributed by atoms with E-state index in [4.69, 9.17) is 9.84 Å². The highest BCUT2D eigenvalue weighted by Gasteiger charge is 2.49. The van der Waals surface area contributed by atoms with Crippen LogP contribution in [0.1, 0.15) is 48.6 Å². The molecule has 8 nitrogen and oxygen atoms in total. The molecule has 11 heteroatoms. The van der Waals surface area contributed by atoms with E-state index in [1.165, 1.54) is 16.1 Å². The number of aliphatic carboxylic acids is 1. The highest BCUT2D eigenvalue weighted by molar-refractivity contribution is 7.89. The van der Waals surface area contributed by atoms with Crippen molar-refractivity contribution in [3.63, 3.8) is 0 Å². The van der Waals surface area contributed by atoms with Crippen LogP contribution in [-0.2, 0) is 36.5 Å². The minimum absolute atomic E-state index is 0.123. The molecule has 0 saturated carbocycles. The number of nitrogens with zero attached hydrogens (tertiary/aromatic N) is 2. The lowest BCUT2D eigenvalue weighted by atomic mass is 9.84. The summed E-state index contributed by atoms with van der Waals surface area (Å²) in [6.45, 7) is 1.70. The fourth-order valence-electron chi connectivity index (χ4n) is 4.91. The fraction of sp³-hybridized carbons (Fsp3) is 0.440. The number of carbonyl (C=O) groups is 2. The summed E-state index contributed by atoms with van der Waals surface area (Å²) in [5, 5.41) is 8.23. The summed E-state index contributed by atoms with van der Waals surface area (Å²) in [5.41, 5.74) is -1.21. The Balaban J connectivity index is 1.63. The van der Waals surface area contributed by atoms with Crippen molar-refractivity contribution in [2.45, 2.75) is 50.1 Å². The Labute approximate surface area is 208 Å². The monoisotopic (exact) mass is 522 g/mol. The number of rotatable bonds is 7. The first-order valence-electron chi connectivity index (χ1n) is 11.6. The second kappa shape index (κ2) is 9.87. The molecule has 2 aliphatic heterocycles. The van der Waals surface area contributed by atoms with Crippen LogP contribution >= 0.6 is 0 Å². The van der Waals surface area contributed by atoms with Gasteiger partial charge in [0.1, 0.15) is 29.1 Å². The smallest absolute Gasteiger partial charge is 0.329 e. The van der Waals surface area contributed by atoms with Gasteiger partial charge in [-0.2, -0.15) is 4.31 Å². The molecule has 0 aliphatic carbocycles. The zero-order valence-corrected chi connectivity index (χ0v) is 20.8. The highest BCUT2D eigenvalue weighted by atomic mass is 32.2. The molecule has 194 valence electrons. The number of carboxylic acid groups (broad SMARTS) is 1. The van der Waals surface area contributed by atoms with Crippen molar-refractivity contribution in [1.82, 2.24) is 9.21 Å². The van der Waals surface area contributed by atoms with Gasteiger partial charge in [-0.3, -0.25) is 4.79 Å². The molecular weight excluding hydrogens is 494 g/mol. The molecule has 2 aliphatic rings. The first kappa shape index (κ1) is 26.2. The Morgan fingerprint density at radius 3 is 2.39 bits per heavy atom. The molecule has 4 rings (SSSR count). The lowest BCUT2D eigenvalue weighted by Crippen LogP contribution is -2.62. The standard InChI is InChI=1S/C25H28F2N2O6S/c1-16-8-9-23(18-6-4-3-5-7-18)36(33,34)29(16)12-19-10-22(27)20(11-21(19)26)25(35-13-24(31)32)14-28(15-25)17(2)30/h3-7,10-11,16,23H,8-9,12-15H2,1-2H3,(H,31,32). The zero-order valence-electron chi connectivity index (χ0n) is 20.0. The van der Waals surface area contributed by atoms with Gasteiger partial charge >= 0.3 is 5.97 Å². The van der Waals surface area contributed by atoms with Gasteiger partial charge in [0.05, 0.1) is 13.1 Å². The first-order valence-corrected chi connectivity index (χ1v) is 13.1. The van der Waals surface area contributed by atoms with Crippen molar-refractivity contribution in [3.8, 4) is 0 Å². The van der Waals surface area contributed by atoms with Gasteiger partial charge in [0.2, 0.25) is 15.9 Å². The second-order valence-corrected chi connectivity index (χ2v) is 11.5. The van der Waals surface area contributed by atoms with Gasteiger partial charge in [-0.05, 0) is 37.5 Å². The summed E-state index contributed by atoms with van der Waals surface area (Å²) < 4.78 is 64.1. The number of halogens is 2. The highest BCUT2D eigenvalue weighted by Crippen LogP contribution is 2.40. The topological polar surface area (TPSA) is 104 Å². The van der Waals surface area contributed by atoms with Gasteiger partial charge in [0, 0.05) is 30.6 Å². The van der Waals surface area contributed by atoms with Crippen LogP contribution in [0.5, 0.6) is 0 Å². The molecule has 2 aromatic carbocycles. The van der Waals surface area contributed by atoms with Crippen LogP contribution in [0, 0.1) is 11.6 Å². The van der Waals surface area contributed by atoms with Gasteiger partial charge in [0.25, 0.3) is 0 Å². The van der Waals surface area contributed by atoms with E-state index < -0.39 is 51.1 Å². The summed E-state index contributed by atoms with van der Waals surface area (Å²) in [7, 11) is -3.85. The van der Waals surface area contributed by atoms with Crippen molar-refractivity contribution in [1.29, 1.82) is 0 Å². The first-order chi connectivity index (χ1) is 16.9. The lowest BCUT2D eigenvalue weighted by molar-refractivity contribution is -0.180. The normalized spacial score (nSPS) is 23.2. The van der Waals surface area contributed by atoms with Crippen molar-refractivity contribution < 1.29 is 36.6 Å². The van der Waals surface area contributed by atoms with Gasteiger partial charge < -0.3 is 14.7 Å². The number of carboxylic acids is 1. The molecular formula is C25H28F2N2O6S. The van der Waals surface area contributed by atoms with Crippen molar-refractivity contribution in [3.05, 3.63) is 70.8 Å². The molecule has 0 bridgehead atoms. The molecule has 0 aromatic heterocycles. The van der Waals surface area contributed by atoms with E-state index in [0.29, 0.717) is 18.4 Å². The summed E-state index contributed by atoms with van der Waals surface area (Å²) in [5.74, 6) is -3.29. The molecule has 2 atom stereocenters. The summed E-state index contributed by atoms with van der Waals surface area (Å²) in [4.78, 5) is 24.0. The largest absolute Gasteiger partial charge is 0.480 e. The molecule has 2 saturated heterocycles. The third kappa shape index (κ3) is 4.87. The van der Waals surface area contributed by atoms with E-state index in [1.54, 1.807) is 37.3 Å². The Hall–Kier alpha value is -2.89. The van der Waals surface area contributed by atoms with Crippen molar-refractivity contribution >= 4 is 21.9 Å². The third-order valence-corrected chi connectivity index (χ3v) is 9.33. The molecule has 1 N–H and O–H groups in total. The average Bonchev–Trinajstić information content (AvgIpc) is 2.78. The molecule has 0 radical (unpaired) electrons. The van der Waals surface area contributed by atoms with Crippen molar-refractivity contribution in [2.75, 3.05) is 19.7 Å². The number of hydrogen-bond donors (Lipinski definition) is 1. The average molecular weight is 523 g/mol. The van der Waals surface area contributed by atoms with Crippen LogP contribution in [-0.4, -0.2) is 60.3 Å². The maximum Gasteiger partial charge on any atom is 0.329 e. The predicted octanol–water partition coefficient (Wildman–Crippen LogP) is 3.18. The van der Waals surface area contributed by atoms with Gasteiger partial charge in [-0.25, -0.2) is 22.0 Å². The molecule has 2 fully saturated rings. The minimum Gasteiger partial charge on any atom is -0.480 e. The molecule has 2 aromatic rings. The van der Waals surface area contributed by atoms with Gasteiger partial charge in [0.15, 0.2) is 0 Å². The fourth-order valence-corrected chi connectivity index (χ4v) is 7.10. The molecule has 1 amide bonds. The van der Waals surface area contributed by atoms with Crippen LogP contribution in [0.4, 0.5) is 8.78 Å². The molecule has 36 heavy (non-hydrogen) atoms. The van der Waals surface area contributed by atoms with E-state index >= 15 is 8.78 Å². The Morgan fingerprint density at radius 2 is 1.78 bits per heavy atom. The van der Waals surface area contributed by atoms with E-state index in [1.807, 2.05) is 0 Å². The summed E-state index contributed by atoms with van der Waals surface area (Å²) in [6.07, 6.45) is 0.990. The SMILES string of the molecule is CC(=O)N1CC(OCC(=O)O)(c2cc(F)c(CN3C(C)CCC(c4ccccc4)S3(=O)=O)cc2F)C1. The number of benzene rings is 2. The van der Waals surface area contributed by atoms with Gasteiger partial charge in [-0.1, -0.05) is 30.3 Å². The number of amides is 1. The van der Waals surface area contributed by atoms with Crippen LogP contribution in [0.3, 0.4) is 0 Å². The number of ether oxygens (including phenoxy) is 1. The number of carbonyl (C=O) groups excluding carboxylic acids is 1. The second-order valence-electron chi connectivity index (χ2n) is 9.39. The Morgan fingerprint density at radius 1 is 1.11 bits per heavy atom. The summed E-state index contributed by atoms with van der Waals surface area (Å²) >= 11 is 0. The molecule has 2 unspecified atom stereocenters. The predicted molar refractivity (Wildman–Crippen MR) is 126 cm³/mol. The van der Waals surface area contributed by atoms with E-state index in [9.17, 15) is 18.0 Å². The minimum atomic E-state index is -3.85. The zero-order chi connectivity index (χ0) is 26.3. The Kier molecular flexibility index (Phi) is 7.18. The van der Waals surface area contributed by atoms with Crippen LogP contribution < -0.4 is 0 Å². The number of sulfonamides is 1. The number of likely N-dealkylation sites (tertiary alicyclic amines) is 1. The van der Waals surface area contributed by atoms with Crippen LogP contribution in [0.15, 0.2) is 42.5 Å². The Bertz CT molecular complexity index is 1260.